The molecule has 0 atom stereocenters. The average molecular weight is 225 g/mol. The number of carbonyl (C=O) groups is 1. The van der Waals surface area contributed by atoms with Crippen molar-refractivity contribution in [2.24, 2.45) is 7.05 Å². The molecule has 0 fully saturated rings. The molecule has 0 aliphatic heterocycles. The minimum Gasteiger partial charge on any atom is -0.379 e. The number of hydrogen-bond donors (Lipinski definition) is 0. The lowest BCUT2D eigenvalue weighted by molar-refractivity contribution is 0.0438. The van der Waals surface area contributed by atoms with Gasteiger partial charge in [0, 0.05) is 19.9 Å². The smallest absolute Gasteiger partial charge is 0.204 e. The van der Waals surface area contributed by atoms with E-state index in [1.165, 1.54) is 0 Å². The Morgan fingerprint density at radius 3 is 2.69 bits per heavy atom. The van der Waals surface area contributed by atoms with E-state index >= 15 is 0 Å². The van der Waals surface area contributed by atoms with Crippen LogP contribution in [0.3, 0.4) is 0 Å². The first-order valence-corrected chi connectivity index (χ1v) is 5.55. The summed E-state index contributed by atoms with van der Waals surface area (Å²) in [5.41, 5.74) is 0.675. The number of rotatable bonds is 8. The van der Waals surface area contributed by atoms with Gasteiger partial charge in [0.25, 0.3) is 0 Å². The number of ketones is 1. The fourth-order valence-corrected chi connectivity index (χ4v) is 1.35. The summed E-state index contributed by atoms with van der Waals surface area (Å²) in [7, 11) is 1.84. The third kappa shape index (κ3) is 4.16. The van der Waals surface area contributed by atoms with Crippen LogP contribution in [0.1, 0.15) is 23.8 Å². The predicted molar refractivity (Wildman–Crippen MR) is 61.7 cm³/mol. The fourth-order valence-electron chi connectivity index (χ4n) is 1.35. The minimum absolute atomic E-state index is 0.00277. The van der Waals surface area contributed by atoms with Crippen LogP contribution in [0.5, 0.6) is 0 Å². The highest BCUT2D eigenvalue weighted by Gasteiger charge is 2.08. The Morgan fingerprint density at radius 2 is 2.06 bits per heavy atom. The maximum Gasteiger partial charge on any atom is 0.204 e. The number of Topliss-reactive ketones (excluding diaryl/α,β-unsaturated/α-hetero) is 1. The second kappa shape index (κ2) is 7.19. The monoisotopic (exact) mass is 225 g/mol. The van der Waals surface area contributed by atoms with Gasteiger partial charge in [-0.25, -0.2) is 0 Å². The van der Waals surface area contributed by atoms with Crippen LogP contribution in [0.2, 0.25) is 0 Å². The highest BCUT2D eigenvalue weighted by molar-refractivity contribution is 5.95. The Hall–Kier alpha value is -1.13. The zero-order valence-corrected chi connectivity index (χ0v) is 9.94. The molecule has 0 spiro atoms. The van der Waals surface area contributed by atoms with Crippen molar-refractivity contribution >= 4 is 5.78 Å². The zero-order chi connectivity index (χ0) is 11.8. The Bertz CT molecular complexity index is 320. The van der Waals surface area contributed by atoms with Crippen LogP contribution in [0.15, 0.2) is 18.3 Å². The summed E-state index contributed by atoms with van der Waals surface area (Å²) in [4.78, 5) is 11.6. The second-order valence-corrected chi connectivity index (χ2v) is 3.59. The van der Waals surface area contributed by atoms with E-state index in [9.17, 15) is 4.79 Å². The molecule has 0 aliphatic carbocycles. The van der Waals surface area contributed by atoms with Gasteiger partial charge < -0.3 is 14.0 Å². The lowest BCUT2D eigenvalue weighted by atomic mass is 10.3. The van der Waals surface area contributed by atoms with Crippen LogP contribution in [0, 0.1) is 0 Å². The molecule has 0 aromatic carbocycles. The van der Waals surface area contributed by atoms with Gasteiger partial charge in [-0.05, 0) is 18.6 Å². The van der Waals surface area contributed by atoms with E-state index in [0.29, 0.717) is 18.9 Å². The summed E-state index contributed by atoms with van der Waals surface area (Å²) < 4.78 is 12.3. The summed E-state index contributed by atoms with van der Waals surface area (Å²) in [6.45, 7) is 3.94. The zero-order valence-electron chi connectivity index (χ0n) is 9.94. The molecule has 0 amide bonds. The van der Waals surface area contributed by atoms with Crippen molar-refractivity contribution in [1.82, 2.24) is 4.57 Å². The van der Waals surface area contributed by atoms with Crippen LogP contribution in [-0.2, 0) is 16.5 Å². The molecule has 0 saturated heterocycles. The van der Waals surface area contributed by atoms with E-state index in [-0.39, 0.29) is 12.4 Å². The van der Waals surface area contributed by atoms with Gasteiger partial charge in [0.2, 0.25) is 5.78 Å². The molecule has 0 radical (unpaired) electrons. The molecule has 0 unspecified atom stereocenters. The molecule has 1 aromatic heterocycles. The van der Waals surface area contributed by atoms with Gasteiger partial charge in [0.1, 0.15) is 6.61 Å². The SMILES string of the molecule is CCCOCCOCC(=O)c1cccn1C. The van der Waals surface area contributed by atoms with Crippen LogP contribution in [0.25, 0.3) is 0 Å². The number of hydrogen-bond acceptors (Lipinski definition) is 3. The van der Waals surface area contributed by atoms with Crippen molar-refractivity contribution in [3.05, 3.63) is 24.0 Å². The molecule has 4 heteroatoms. The van der Waals surface area contributed by atoms with Crippen molar-refractivity contribution in [2.75, 3.05) is 26.4 Å². The Morgan fingerprint density at radius 1 is 1.31 bits per heavy atom. The first-order chi connectivity index (χ1) is 7.75. The number of ether oxygens (including phenoxy) is 2. The molecule has 16 heavy (non-hydrogen) atoms. The minimum atomic E-state index is 0.00277. The number of aryl methyl sites for hydroxylation is 1. The third-order valence-electron chi connectivity index (χ3n) is 2.18. The molecular weight excluding hydrogens is 206 g/mol. The third-order valence-corrected chi connectivity index (χ3v) is 2.18. The van der Waals surface area contributed by atoms with E-state index in [4.69, 9.17) is 9.47 Å². The van der Waals surface area contributed by atoms with Crippen molar-refractivity contribution in [3.8, 4) is 0 Å². The number of carbonyl (C=O) groups excluding carboxylic acids is 1. The maximum absolute atomic E-state index is 11.6. The van der Waals surface area contributed by atoms with E-state index in [0.717, 1.165) is 13.0 Å². The normalized spacial score (nSPS) is 10.6. The maximum atomic E-state index is 11.6. The van der Waals surface area contributed by atoms with E-state index in [1.807, 2.05) is 19.3 Å². The Kier molecular flexibility index (Phi) is 5.82. The predicted octanol–water partition coefficient (Wildman–Crippen LogP) is 1.65. The van der Waals surface area contributed by atoms with Gasteiger partial charge in [-0.1, -0.05) is 6.92 Å². The highest BCUT2D eigenvalue weighted by Crippen LogP contribution is 2.01. The molecule has 0 N–H and O–H groups in total. The van der Waals surface area contributed by atoms with Crippen LogP contribution in [0.4, 0.5) is 0 Å². The molecule has 0 saturated carbocycles. The quantitative estimate of drug-likeness (QED) is 0.499. The standard InChI is InChI=1S/C12H19NO3/c1-3-7-15-8-9-16-10-12(14)11-5-4-6-13(11)2/h4-6H,3,7-10H2,1-2H3. The first kappa shape index (κ1) is 12.9. The fraction of sp³-hybridized carbons (Fsp3) is 0.583. The van der Waals surface area contributed by atoms with Crippen molar-refractivity contribution in [3.63, 3.8) is 0 Å². The second-order valence-electron chi connectivity index (χ2n) is 3.59. The van der Waals surface area contributed by atoms with Crippen molar-refractivity contribution in [1.29, 1.82) is 0 Å². The largest absolute Gasteiger partial charge is 0.379 e. The summed E-state index contributed by atoms with van der Waals surface area (Å²) >= 11 is 0. The van der Waals surface area contributed by atoms with Crippen molar-refractivity contribution < 1.29 is 14.3 Å². The molecular formula is C12H19NO3. The summed E-state index contributed by atoms with van der Waals surface area (Å²) in [6, 6.07) is 3.64. The van der Waals surface area contributed by atoms with Gasteiger partial charge >= 0.3 is 0 Å². The number of nitrogens with zero attached hydrogens (tertiary/aromatic N) is 1. The summed E-state index contributed by atoms with van der Waals surface area (Å²) in [5, 5.41) is 0. The van der Waals surface area contributed by atoms with Gasteiger partial charge in [-0.15, -0.1) is 0 Å². The molecule has 90 valence electrons. The lowest BCUT2D eigenvalue weighted by Gasteiger charge is -2.05. The van der Waals surface area contributed by atoms with Gasteiger partial charge in [0.05, 0.1) is 18.9 Å². The number of aromatic nitrogens is 1. The van der Waals surface area contributed by atoms with E-state index in [2.05, 4.69) is 6.92 Å². The molecule has 4 nitrogen and oxygen atoms in total. The Labute approximate surface area is 96.2 Å². The van der Waals surface area contributed by atoms with Crippen LogP contribution in [-0.4, -0.2) is 36.8 Å². The van der Waals surface area contributed by atoms with Gasteiger partial charge in [0.15, 0.2) is 0 Å². The molecule has 1 rings (SSSR count). The van der Waals surface area contributed by atoms with Crippen molar-refractivity contribution in [2.45, 2.75) is 13.3 Å². The molecule has 1 aromatic rings. The topological polar surface area (TPSA) is 40.5 Å². The van der Waals surface area contributed by atoms with Crippen LogP contribution < -0.4 is 0 Å². The first-order valence-electron chi connectivity index (χ1n) is 5.55. The summed E-state index contributed by atoms with van der Waals surface area (Å²) in [6.07, 6.45) is 2.85. The molecule has 0 bridgehead atoms. The average Bonchev–Trinajstić information content (AvgIpc) is 2.69. The van der Waals surface area contributed by atoms with Gasteiger partial charge in [-0.2, -0.15) is 0 Å². The van der Waals surface area contributed by atoms with E-state index < -0.39 is 0 Å². The molecule has 1 heterocycles. The van der Waals surface area contributed by atoms with Gasteiger partial charge in [-0.3, -0.25) is 4.79 Å². The lowest BCUT2D eigenvalue weighted by Crippen LogP contribution is -2.15. The summed E-state index contributed by atoms with van der Waals surface area (Å²) in [5.74, 6) is 0.00277. The van der Waals surface area contributed by atoms with Crippen LogP contribution >= 0.6 is 0 Å². The molecule has 0 aliphatic rings. The Balaban J connectivity index is 2.14. The highest BCUT2D eigenvalue weighted by atomic mass is 16.5. The van der Waals surface area contributed by atoms with E-state index in [1.54, 1.807) is 10.6 Å².